The van der Waals surface area contributed by atoms with Crippen LogP contribution in [0.4, 0.5) is 5.69 Å². The van der Waals surface area contributed by atoms with E-state index in [0.717, 1.165) is 10.0 Å². The van der Waals surface area contributed by atoms with Crippen molar-refractivity contribution in [2.45, 2.75) is 6.10 Å². The Labute approximate surface area is 130 Å². The number of aliphatic hydroxyl groups is 1. The normalized spacial score (nSPS) is 12.2. The first-order chi connectivity index (χ1) is 9.08. The van der Waals surface area contributed by atoms with Crippen LogP contribution < -0.4 is 5.32 Å². The Morgan fingerprint density at radius 1 is 1.11 bits per heavy atom. The maximum Gasteiger partial charge on any atom is 0.0962 e. The second-order valence-electron chi connectivity index (χ2n) is 4.05. The lowest BCUT2D eigenvalue weighted by Crippen LogP contribution is -2.12. The molecule has 0 bridgehead atoms. The Hall–Kier alpha value is -0.740. The summed E-state index contributed by atoms with van der Waals surface area (Å²) < 4.78 is 0.930. The fourth-order valence-electron chi connectivity index (χ4n) is 1.70. The zero-order valence-corrected chi connectivity index (χ0v) is 13.0. The molecule has 1 atom stereocenters. The molecule has 5 heteroatoms. The van der Waals surface area contributed by atoms with Crippen molar-refractivity contribution in [3.8, 4) is 0 Å². The number of aliphatic hydroxyl groups excluding tert-OH is 1. The Morgan fingerprint density at radius 3 is 2.37 bits per heavy atom. The molecule has 2 rings (SSSR count). The van der Waals surface area contributed by atoms with Gasteiger partial charge in [0.1, 0.15) is 0 Å². The Kier molecular flexibility index (Phi) is 5.11. The summed E-state index contributed by atoms with van der Waals surface area (Å²) >= 11 is 15.5. The zero-order valence-electron chi connectivity index (χ0n) is 9.91. The summed E-state index contributed by atoms with van der Waals surface area (Å²) in [5.41, 5.74) is 1.46. The Morgan fingerprint density at radius 2 is 1.74 bits per heavy atom. The van der Waals surface area contributed by atoms with Crippen molar-refractivity contribution in [1.29, 1.82) is 0 Å². The maximum atomic E-state index is 10.1. The molecule has 0 aliphatic heterocycles. The highest BCUT2D eigenvalue weighted by Gasteiger charge is 2.10. The molecule has 0 saturated heterocycles. The van der Waals surface area contributed by atoms with Crippen LogP contribution in [0.15, 0.2) is 46.9 Å². The van der Waals surface area contributed by atoms with Gasteiger partial charge < -0.3 is 10.4 Å². The van der Waals surface area contributed by atoms with Gasteiger partial charge in [0, 0.05) is 11.0 Å². The first-order valence-corrected chi connectivity index (χ1v) is 7.24. The van der Waals surface area contributed by atoms with Crippen molar-refractivity contribution in [3.05, 3.63) is 62.5 Å². The third kappa shape index (κ3) is 3.86. The van der Waals surface area contributed by atoms with E-state index in [9.17, 15) is 5.11 Å². The molecule has 0 spiro atoms. The summed E-state index contributed by atoms with van der Waals surface area (Å²) in [6.45, 7) is 0.333. The van der Waals surface area contributed by atoms with Crippen molar-refractivity contribution in [3.63, 3.8) is 0 Å². The molecule has 19 heavy (non-hydrogen) atoms. The second kappa shape index (κ2) is 6.62. The number of anilines is 1. The monoisotopic (exact) mass is 359 g/mol. The van der Waals surface area contributed by atoms with Gasteiger partial charge in [0.25, 0.3) is 0 Å². The SMILES string of the molecule is OC(CNc1c(Cl)cccc1Cl)c1cccc(Br)c1. The molecule has 2 aromatic rings. The second-order valence-corrected chi connectivity index (χ2v) is 5.78. The molecule has 0 radical (unpaired) electrons. The minimum absolute atomic E-state index is 0.333. The van der Waals surface area contributed by atoms with Gasteiger partial charge in [-0.25, -0.2) is 0 Å². The first-order valence-electron chi connectivity index (χ1n) is 5.69. The molecule has 2 N–H and O–H groups in total. The van der Waals surface area contributed by atoms with Gasteiger partial charge in [0.15, 0.2) is 0 Å². The van der Waals surface area contributed by atoms with Crippen LogP contribution >= 0.6 is 39.1 Å². The number of benzene rings is 2. The van der Waals surface area contributed by atoms with Crippen molar-refractivity contribution in [2.24, 2.45) is 0 Å². The molecule has 0 aromatic heterocycles. The molecule has 0 heterocycles. The van der Waals surface area contributed by atoms with E-state index in [-0.39, 0.29) is 0 Å². The number of nitrogens with one attached hydrogen (secondary N) is 1. The van der Waals surface area contributed by atoms with E-state index >= 15 is 0 Å². The van der Waals surface area contributed by atoms with Crippen molar-refractivity contribution < 1.29 is 5.11 Å². The fourth-order valence-corrected chi connectivity index (χ4v) is 2.65. The molecule has 2 nitrogen and oxygen atoms in total. The summed E-state index contributed by atoms with van der Waals surface area (Å²) in [5.74, 6) is 0. The number of halogens is 3. The van der Waals surface area contributed by atoms with Gasteiger partial charge in [-0.2, -0.15) is 0 Å². The molecular weight excluding hydrogens is 349 g/mol. The van der Waals surface area contributed by atoms with E-state index in [1.54, 1.807) is 18.2 Å². The molecular formula is C14H12BrCl2NO. The highest BCUT2D eigenvalue weighted by Crippen LogP contribution is 2.30. The van der Waals surface area contributed by atoms with E-state index in [2.05, 4.69) is 21.2 Å². The van der Waals surface area contributed by atoms with Gasteiger partial charge in [-0.15, -0.1) is 0 Å². The molecule has 100 valence electrons. The van der Waals surface area contributed by atoms with Crippen LogP contribution in [0.1, 0.15) is 11.7 Å². The van der Waals surface area contributed by atoms with Crippen molar-refractivity contribution >= 4 is 44.8 Å². The fraction of sp³-hybridized carbons (Fsp3) is 0.143. The number of hydrogen-bond donors (Lipinski definition) is 2. The molecule has 0 fully saturated rings. The highest BCUT2D eigenvalue weighted by molar-refractivity contribution is 9.10. The van der Waals surface area contributed by atoms with E-state index in [4.69, 9.17) is 23.2 Å². The van der Waals surface area contributed by atoms with Crippen LogP contribution in [0.3, 0.4) is 0 Å². The van der Waals surface area contributed by atoms with Crippen LogP contribution in [0.5, 0.6) is 0 Å². The van der Waals surface area contributed by atoms with Crippen LogP contribution in [-0.2, 0) is 0 Å². The number of rotatable bonds is 4. The third-order valence-electron chi connectivity index (χ3n) is 2.67. The molecule has 0 aliphatic rings. The average molecular weight is 361 g/mol. The lowest BCUT2D eigenvalue weighted by molar-refractivity contribution is 0.191. The lowest BCUT2D eigenvalue weighted by atomic mass is 10.1. The third-order valence-corrected chi connectivity index (χ3v) is 3.79. The molecule has 0 saturated carbocycles. The average Bonchev–Trinajstić information content (AvgIpc) is 2.38. The lowest BCUT2D eigenvalue weighted by Gasteiger charge is -2.15. The summed E-state index contributed by atoms with van der Waals surface area (Å²) in [5, 5.41) is 14.3. The van der Waals surface area contributed by atoms with Crippen molar-refractivity contribution in [1.82, 2.24) is 0 Å². The van der Waals surface area contributed by atoms with E-state index < -0.39 is 6.10 Å². The van der Waals surface area contributed by atoms with E-state index in [1.165, 1.54) is 0 Å². The van der Waals surface area contributed by atoms with Crippen molar-refractivity contribution in [2.75, 3.05) is 11.9 Å². The number of hydrogen-bond acceptors (Lipinski definition) is 2. The van der Waals surface area contributed by atoms with Crippen LogP contribution in [0.2, 0.25) is 10.0 Å². The summed E-state index contributed by atoms with van der Waals surface area (Å²) in [4.78, 5) is 0. The largest absolute Gasteiger partial charge is 0.387 e. The van der Waals surface area contributed by atoms with Crippen LogP contribution in [0.25, 0.3) is 0 Å². The molecule has 1 unspecified atom stereocenters. The minimum Gasteiger partial charge on any atom is -0.387 e. The number of para-hydroxylation sites is 1. The predicted octanol–water partition coefficient (Wildman–Crippen LogP) is 4.90. The predicted molar refractivity (Wildman–Crippen MR) is 84.1 cm³/mol. The van der Waals surface area contributed by atoms with Gasteiger partial charge in [-0.05, 0) is 29.8 Å². The minimum atomic E-state index is -0.634. The standard InChI is InChI=1S/C14H12BrCl2NO/c15-10-4-1-3-9(7-10)13(19)8-18-14-11(16)5-2-6-12(14)17/h1-7,13,18-19H,8H2. The Balaban J connectivity index is 2.06. The van der Waals surface area contributed by atoms with Gasteiger partial charge in [0.05, 0.1) is 21.8 Å². The summed E-state index contributed by atoms with van der Waals surface area (Å²) in [6.07, 6.45) is -0.634. The topological polar surface area (TPSA) is 32.3 Å². The Bertz CT molecular complexity index is 557. The summed E-state index contributed by atoms with van der Waals surface area (Å²) in [7, 11) is 0. The van der Waals surface area contributed by atoms with Gasteiger partial charge in [-0.3, -0.25) is 0 Å². The smallest absolute Gasteiger partial charge is 0.0962 e. The van der Waals surface area contributed by atoms with Crippen LogP contribution in [-0.4, -0.2) is 11.7 Å². The summed E-state index contributed by atoms with van der Waals surface area (Å²) in [6, 6.07) is 12.8. The van der Waals surface area contributed by atoms with Gasteiger partial charge in [-0.1, -0.05) is 57.3 Å². The zero-order chi connectivity index (χ0) is 13.8. The maximum absolute atomic E-state index is 10.1. The first kappa shape index (κ1) is 14.7. The molecule has 0 amide bonds. The highest BCUT2D eigenvalue weighted by atomic mass is 79.9. The molecule has 0 aliphatic carbocycles. The van der Waals surface area contributed by atoms with E-state index in [1.807, 2.05) is 24.3 Å². The van der Waals surface area contributed by atoms with E-state index in [0.29, 0.717) is 22.3 Å². The van der Waals surface area contributed by atoms with Gasteiger partial charge in [0.2, 0.25) is 0 Å². The van der Waals surface area contributed by atoms with Gasteiger partial charge >= 0.3 is 0 Å². The van der Waals surface area contributed by atoms with Crippen LogP contribution in [0, 0.1) is 0 Å². The molecule has 2 aromatic carbocycles. The quantitative estimate of drug-likeness (QED) is 0.812.